The van der Waals surface area contributed by atoms with Crippen LogP contribution >= 0.6 is 0 Å². The summed E-state index contributed by atoms with van der Waals surface area (Å²) in [6.45, 7) is -0.290. The summed E-state index contributed by atoms with van der Waals surface area (Å²) >= 11 is 0. The molecule has 3 aromatic rings. The zero-order valence-corrected chi connectivity index (χ0v) is 21.4. The molecule has 9 heteroatoms. The number of rotatable bonds is 7. The predicted octanol–water partition coefficient (Wildman–Crippen LogP) is 4.59. The van der Waals surface area contributed by atoms with E-state index in [0.29, 0.717) is 28.4 Å². The summed E-state index contributed by atoms with van der Waals surface area (Å²) in [6, 6.07) is 17.1. The molecular weight excluding hydrogens is 497 g/mol. The van der Waals surface area contributed by atoms with E-state index >= 15 is 0 Å². The number of nitrogens with zero attached hydrogens (tertiary/aromatic N) is 1. The highest BCUT2D eigenvalue weighted by Gasteiger charge is 2.34. The Labute approximate surface area is 215 Å². The van der Waals surface area contributed by atoms with Crippen LogP contribution in [-0.4, -0.2) is 52.9 Å². The number of piperidine rings is 1. The lowest BCUT2D eigenvalue weighted by Crippen LogP contribution is -2.41. The number of hydrogen-bond acceptors (Lipinski definition) is 6. The zero-order chi connectivity index (χ0) is 26.6. The van der Waals surface area contributed by atoms with Crippen molar-refractivity contribution in [2.45, 2.75) is 4.90 Å². The predicted molar refractivity (Wildman–Crippen MR) is 139 cm³/mol. The van der Waals surface area contributed by atoms with Crippen molar-refractivity contribution < 1.29 is 31.8 Å². The van der Waals surface area contributed by atoms with Crippen molar-refractivity contribution in [2.24, 2.45) is 0 Å². The fourth-order valence-corrected chi connectivity index (χ4v) is 5.47. The van der Waals surface area contributed by atoms with Crippen molar-refractivity contribution in [1.29, 1.82) is 0 Å². The zero-order valence-electron chi connectivity index (χ0n) is 20.6. The first-order valence-corrected chi connectivity index (χ1v) is 12.8. The molecule has 0 spiro atoms. The average molecular weight is 524 g/mol. The Morgan fingerprint density at radius 2 is 1.32 bits per heavy atom. The molecule has 0 atom stereocenters. The Kier molecular flexibility index (Phi) is 7.75. The van der Waals surface area contributed by atoms with Crippen LogP contribution in [0.5, 0.6) is 17.2 Å². The van der Waals surface area contributed by atoms with Gasteiger partial charge in [0.2, 0.25) is 15.8 Å². The summed E-state index contributed by atoms with van der Waals surface area (Å²) in [5.41, 5.74) is 1.90. The van der Waals surface area contributed by atoms with Crippen molar-refractivity contribution in [3.63, 3.8) is 0 Å². The Hall–Kier alpha value is -3.95. The van der Waals surface area contributed by atoms with Crippen molar-refractivity contribution in [3.05, 3.63) is 94.8 Å². The molecule has 4 rings (SSSR count). The van der Waals surface area contributed by atoms with Crippen LogP contribution in [0.4, 0.5) is 4.39 Å². The van der Waals surface area contributed by atoms with Crippen LogP contribution in [0, 0.1) is 5.82 Å². The van der Waals surface area contributed by atoms with Crippen LogP contribution < -0.4 is 14.2 Å². The molecule has 1 heterocycles. The standard InChI is InChI=1S/C28H26FNO6S/c1-34-25-15-20(16-26(35-2)28(25)36-3)14-22-18-30(37(32,33)24-11-9-23(29)10-12-24)17-21(27(22)31)13-19-7-5-4-6-8-19/h4-16H,17-18H2,1-3H3. The van der Waals surface area contributed by atoms with Gasteiger partial charge in [0.05, 0.1) is 26.2 Å². The van der Waals surface area contributed by atoms with E-state index < -0.39 is 15.8 Å². The van der Waals surface area contributed by atoms with Crippen LogP contribution in [0.1, 0.15) is 11.1 Å². The second kappa shape index (κ2) is 11.0. The van der Waals surface area contributed by atoms with Gasteiger partial charge in [0.1, 0.15) is 5.82 Å². The lowest BCUT2D eigenvalue weighted by molar-refractivity contribution is -0.113. The van der Waals surface area contributed by atoms with E-state index in [1.54, 1.807) is 24.3 Å². The number of carbonyl (C=O) groups is 1. The lowest BCUT2D eigenvalue weighted by Gasteiger charge is -2.29. The smallest absolute Gasteiger partial charge is 0.243 e. The molecule has 3 aromatic carbocycles. The highest BCUT2D eigenvalue weighted by Crippen LogP contribution is 2.39. The number of carbonyl (C=O) groups excluding carboxylic acids is 1. The van der Waals surface area contributed by atoms with Gasteiger partial charge in [-0.2, -0.15) is 4.31 Å². The molecule has 0 aliphatic carbocycles. The van der Waals surface area contributed by atoms with Gasteiger partial charge in [-0.3, -0.25) is 4.79 Å². The van der Waals surface area contributed by atoms with Crippen molar-refractivity contribution in [2.75, 3.05) is 34.4 Å². The molecule has 7 nitrogen and oxygen atoms in total. The van der Waals surface area contributed by atoms with Crippen LogP contribution in [0.25, 0.3) is 12.2 Å². The maximum Gasteiger partial charge on any atom is 0.243 e. The molecule has 0 bridgehead atoms. The van der Waals surface area contributed by atoms with Crippen LogP contribution in [0.2, 0.25) is 0 Å². The first-order valence-electron chi connectivity index (χ1n) is 11.3. The Balaban J connectivity index is 1.82. The first kappa shape index (κ1) is 26.1. The molecular formula is C28H26FNO6S. The van der Waals surface area contributed by atoms with Crippen molar-refractivity contribution in [1.82, 2.24) is 4.31 Å². The van der Waals surface area contributed by atoms with Crippen molar-refractivity contribution in [3.8, 4) is 17.2 Å². The van der Waals surface area contributed by atoms with E-state index in [9.17, 15) is 17.6 Å². The topological polar surface area (TPSA) is 82.1 Å². The maximum absolute atomic E-state index is 13.5. The van der Waals surface area contributed by atoms with Gasteiger partial charge in [-0.05, 0) is 59.7 Å². The number of halogens is 1. The summed E-state index contributed by atoms with van der Waals surface area (Å²) in [5, 5.41) is 0. The molecule has 0 unspecified atom stereocenters. The number of hydrogen-bond donors (Lipinski definition) is 0. The van der Waals surface area contributed by atoms with E-state index in [1.807, 2.05) is 30.3 Å². The monoisotopic (exact) mass is 523 g/mol. The van der Waals surface area contributed by atoms with E-state index in [-0.39, 0.29) is 29.3 Å². The van der Waals surface area contributed by atoms with Gasteiger partial charge in [-0.15, -0.1) is 0 Å². The molecule has 37 heavy (non-hydrogen) atoms. The van der Waals surface area contributed by atoms with E-state index in [0.717, 1.165) is 17.7 Å². The second-order valence-corrected chi connectivity index (χ2v) is 10.2. The molecule has 0 radical (unpaired) electrons. The number of benzene rings is 3. The summed E-state index contributed by atoms with van der Waals surface area (Å²) in [7, 11) is 0.430. The fourth-order valence-electron chi connectivity index (χ4n) is 4.07. The molecule has 0 saturated carbocycles. The minimum Gasteiger partial charge on any atom is -0.493 e. The summed E-state index contributed by atoms with van der Waals surface area (Å²) in [5.74, 6) is 0.372. The molecule has 1 aliphatic rings. The van der Waals surface area contributed by atoms with Crippen LogP contribution in [-0.2, 0) is 14.8 Å². The quantitative estimate of drug-likeness (QED) is 0.422. The molecule has 192 valence electrons. The van der Waals surface area contributed by atoms with E-state index in [2.05, 4.69) is 0 Å². The highest BCUT2D eigenvalue weighted by atomic mass is 32.2. The Morgan fingerprint density at radius 1 is 0.784 bits per heavy atom. The van der Waals surface area contributed by atoms with Gasteiger partial charge >= 0.3 is 0 Å². The van der Waals surface area contributed by atoms with Gasteiger partial charge in [0.15, 0.2) is 17.3 Å². The lowest BCUT2D eigenvalue weighted by atomic mass is 9.95. The Morgan fingerprint density at radius 3 is 1.84 bits per heavy atom. The molecule has 0 amide bonds. The summed E-state index contributed by atoms with van der Waals surface area (Å²) in [4.78, 5) is 13.5. The molecule has 1 saturated heterocycles. The van der Waals surface area contributed by atoms with Gasteiger partial charge < -0.3 is 14.2 Å². The molecule has 0 N–H and O–H groups in total. The minimum absolute atomic E-state index is 0.0607. The number of ether oxygens (including phenoxy) is 3. The van der Waals surface area contributed by atoms with Gasteiger partial charge in [-0.25, -0.2) is 12.8 Å². The summed E-state index contributed by atoms with van der Waals surface area (Å²) < 4.78 is 57.8. The highest BCUT2D eigenvalue weighted by molar-refractivity contribution is 7.89. The molecule has 1 aliphatic heterocycles. The van der Waals surface area contributed by atoms with Gasteiger partial charge in [0.25, 0.3) is 0 Å². The number of methoxy groups -OCH3 is 3. The molecule has 1 fully saturated rings. The van der Waals surface area contributed by atoms with Gasteiger partial charge in [0, 0.05) is 24.2 Å². The van der Waals surface area contributed by atoms with Crippen LogP contribution in [0.3, 0.4) is 0 Å². The molecule has 0 aromatic heterocycles. The largest absolute Gasteiger partial charge is 0.493 e. The van der Waals surface area contributed by atoms with Crippen molar-refractivity contribution >= 4 is 28.0 Å². The normalized spacial score (nSPS) is 16.7. The van der Waals surface area contributed by atoms with Gasteiger partial charge in [-0.1, -0.05) is 30.3 Å². The fraction of sp³-hybridized carbons (Fsp3) is 0.179. The second-order valence-electron chi connectivity index (χ2n) is 8.26. The summed E-state index contributed by atoms with van der Waals surface area (Å²) in [6.07, 6.45) is 3.29. The number of Topliss-reactive ketones (excluding diaryl/α,β-unsaturated/α-hetero) is 1. The average Bonchev–Trinajstić information content (AvgIpc) is 2.91. The number of sulfonamides is 1. The Bertz CT molecular complexity index is 1440. The van der Waals surface area contributed by atoms with E-state index in [1.165, 1.54) is 37.8 Å². The van der Waals surface area contributed by atoms with Crippen LogP contribution in [0.15, 0.2) is 82.8 Å². The third kappa shape index (κ3) is 5.58. The minimum atomic E-state index is -4.03. The third-order valence-corrected chi connectivity index (χ3v) is 7.70. The number of ketones is 1. The maximum atomic E-state index is 13.5. The first-order chi connectivity index (χ1) is 17.8. The van der Waals surface area contributed by atoms with E-state index in [4.69, 9.17) is 14.2 Å². The third-order valence-electron chi connectivity index (χ3n) is 5.90. The SMILES string of the molecule is COc1cc(C=C2CN(S(=O)(=O)c3ccc(F)cc3)CC(=Cc3ccccc3)C2=O)cc(OC)c1OC.